The highest BCUT2D eigenvalue weighted by molar-refractivity contribution is 6.21. The van der Waals surface area contributed by atoms with E-state index in [2.05, 4.69) is 24.0 Å². The number of nitro benzene ring substituents is 1. The van der Waals surface area contributed by atoms with Gasteiger partial charge in [0.2, 0.25) is 0 Å². The van der Waals surface area contributed by atoms with Crippen molar-refractivity contribution in [3.05, 3.63) is 43.5 Å². The maximum atomic E-state index is 12.3. The Hall–Kier alpha value is -3.28. The van der Waals surface area contributed by atoms with E-state index in [4.69, 9.17) is 4.74 Å². The number of imide groups is 1. The Kier molecular flexibility index (Phi) is 10.9. The Bertz CT molecular complexity index is 795. The highest BCUT2D eigenvalue weighted by Gasteiger charge is 2.38. The summed E-state index contributed by atoms with van der Waals surface area (Å²) in [5, 5.41) is 23.4. The number of amides is 2. The van der Waals surface area contributed by atoms with Gasteiger partial charge in [-0.25, -0.2) is 0 Å². The van der Waals surface area contributed by atoms with E-state index in [-0.39, 0.29) is 43.1 Å². The average molecular weight is 440 g/mol. The largest absolute Gasteiger partial charge is 0.487 e. The molecule has 2 amide bonds. The van der Waals surface area contributed by atoms with E-state index < -0.39 is 27.5 Å². The molecule has 0 unspecified atom stereocenters. The van der Waals surface area contributed by atoms with E-state index in [0.29, 0.717) is 0 Å². The van der Waals surface area contributed by atoms with Crippen LogP contribution in [0.15, 0.2) is 12.1 Å². The van der Waals surface area contributed by atoms with Gasteiger partial charge in [-0.3, -0.25) is 24.6 Å². The van der Waals surface area contributed by atoms with Crippen LogP contribution in [-0.4, -0.2) is 59.6 Å². The number of nitrogens with zero attached hydrogens (tertiary/aromatic N) is 3. The van der Waals surface area contributed by atoms with E-state index in [9.17, 15) is 29.8 Å². The molecule has 1 aliphatic rings. The third-order valence-electron chi connectivity index (χ3n) is 4.12. The Morgan fingerprint density at radius 3 is 2.06 bits per heavy atom. The third kappa shape index (κ3) is 7.48. The van der Waals surface area contributed by atoms with Gasteiger partial charge < -0.3 is 14.9 Å². The molecule has 1 aromatic rings. The molecule has 0 spiro atoms. The van der Waals surface area contributed by atoms with E-state index in [1.807, 2.05) is 0 Å². The van der Waals surface area contributed by atoms with Gasteiger partial charge in [0.05, 0.1) is 29.3 Å². The number of nitro groups is 1. The van der Waals surface area contributed by atoms with Gasteiger partial charge in [-0.2, -0.15) is 0 Å². The molecule has 12 nitrogen and oxygen atoms in total. The van der Waals surface area contributed by atoms with Crippen LogP contribution >= 0.6 is 0 Å². The van der Waals surface area contributed by atoms with Crippen molar-refractivity contribution in [3.63, 3.8) is 0 Å². The van der Waals surface area contributed by atoms with Gasteiger partial charge in [-0.1, -0.05) is 13.8 Å². The maximum Gasteiger partial charge on any atom is 0.311 e. The summed E-state index contributed by atoms with van der Waals surface area (Å²) in [6, 6.07) is 2.18. The number of ether oxygens (including phenoxy) is 1. The highest BCUT2D eigenvalue weighted by Crippen LogP contribution is 2.35. The molecule has 0 aromatic heterocycles. The van der Waals surface area contributed by atoms with Crippen LogP contribution in [0.5, 0.6) is 5.75 Å². The van der Waals surface area contributed by atoms with Gasteiger partial charge in [0.1, 0.15) is 0 Å². The second-order valence-corrected chi connectivity index (χ2v) is 6.48. The van der Waals surface area contributed by atoms with Crippen LogP contribution in [0.2, 0.25) is 0 Å². The summed E-state index contributed by atoms with van der Waals surface area (Å²) in [5.41, 5.74) is -0.495. The van der Waals surface area contributed by atoms with Gasteiger partial charge >= 0.3 is 5.69 Å². The summed E-state index contributed by atoms with van der Waals surface area (Å²) in [7, 11) is 0. The van der Waals surface area contributed by atoms with Crippen molar-refractivity contribution in [2.45, 2.75) is 40.0 Å². The standard InChI is InChI=1S/C13H13N3O8.C6H15N/c1-2-23-11-7-9-8(6-10(11)15(19)20)12(17)14(13(9)18)4-3-5-24-16(21)22;1-3-5-7-6-4-2/h6-7H,2-5H2,1H3;7H,3-6H2,1-2H3. The van der Waals surface area contributed by atoms with Crippen LogP contribution in [0, 0.1) is 20.2 Å². The smallest absolute Gasteiger partial charge is 0.311 e. The summed E-state index contributed by atoms with van der Waals surface area (Å²) in [6.07, 6.45) is 2.56. The molecule has 172 valence electrons. The van der Waals surface area contributed by atoms with Crippen molar-refractivity contribution in [2.24, 2.45) is 0 Å². The first-order valence-corrected chi connectivity index (χ1v) is 10.1. The lowest BCUT2D eigenvalue weighted by Gasteiger charge is -2.12. The number of nitrogens with one attached hydrogen (secondary N) is 1. The van der Waals surface area contributed by atoms with E-state index in [0.717, 1.165) is 11.0 Å². The van der Waals surface area contributed by atoms with Gasteiger partial charge in [-0.05, 0) is 39.3 Å². The van der Waals surface area contributed by atoms with Crippen molar-refractivity contribution >= 4 is 17.5 Å². The Balaban J connectivity index is 0.000000592. The van der Waals surface area contributed by atoms with Crippen LogP contribution < -0.4 is 10.1 Å². The summed E-state index contributed by atoms with van der Waals surface area (Å²) in [4.78, 5) is 49.9. The minimum atomic E-state index is -0.972. The summed E-state index contributed by atoms with van der Waals surface area (Å²) < 4.78 is 5.15. The molecule has 0 atom stereocenters. The lowest BCUT2D eigenvalue weighted by Crippen LogP contribution is -2.31. The predicted octanol–water partition coefficient (Wildman–Crippen LogP) is 2.58. The van der Waals surface area contributed by atoms with Crippen LogP contribution in [0.3, 0.4) is 0 Å². The normalized spacial score (nSPS) is 12.2. The van der Waals surface area contributed by atoms with Gasteiger partial charge in [-0.15, -0.1) is 10.1 Å². The van der Waals surface area contributed by atoms with Crippen LogP contribution in [0.25, 0.3) is 0 Å². The molecule has 12 heteroatoms. The van der Waals surface area contributed by atoms with Crippen LogP contribution in [0.1, 0.15) is 60.7 Å². The third-order valence-corrected chi connectivity index (χ3v) is 4.12. The number of carbonyl (C=O) groups is 2. The number of benzene rings is 1. The highest BCUT2D eigenvalue weighted by atomic mass is 16.9. The molecule has 1 heterocycles. The first kappa shape index (κ1) is 25.8. The van der Waals surface area contributed by atoms with Crippen molar-refractivity contribution in [3.8, 4) is 5.75 Å². The zero-order chi connectivity index (χ0) is 23.4. The molecule has 0 saturated heterocycles. The van der Waals surface area contributed by atoms with E-state index in [1.54, 1.807) is 6.92 Å². The lowest BCUT2D eigenvalue weighted by atomic mass is 10.1. The molecule has 1 N–H and O–H groups in total. The molecule has 0 saturated carbocycles. The Morgan fingerprint density at radius 2 is 1.58 bits per heavy atom. The SMILES string of the molecule is CCCNCCC.CCOc1cc2c(cc1[N+](=O)[O-])C(=O)N(CCCO[N+](=O)[O-])C2=O. The average Bonchev–Trinajstić information content (AvgIpc) is 2.95. The molecular formula is C19H28N4O8. The van der Waals surface area contributed by atoms with Gasteiger partial charge in [0.15, 0.2) is 5.75 Å². The number of fused-ring (bicyclic) bond motifs is 1. The molecule has 0 fully saturated rings. The second-order valence-electron chi connectivity index (χ2n) is 6.48. The topological polar surface area (TPSA) is 154 Å². The zero-order valence-electron chi connectivity index (χ0n) is 17.9. The molecule has 2 rings (SSSR count). The number of rotatable bonds is 12. The maximum absolute atomic E-state index is 12.3. The van der Waals surface area contributed by atoms with Crippen molar-refractivity contribution in [2.75, 3.05) is 32.8 Å². The minimum absolute atomic E-state index is 0.00393. The molecule has 1 aromatic carbocycles. The number of hydrogen-bond acceptors (Lipinski definition) is 9. The molecule has 1 aliphatic heterocycles. The van der Waals surface area contributed by atoms with Crippen molar-refractivity contribution < 1.29 is 29.2 Å². The summed E-state index contributed by atoms with van der Waals surface area (Å²) >= 11 is 0. The molecule has 0 bridgehead atoms. The zero-order valence-corrected chi connectivity index (χ0v) is 17.9. The van der Waals surface area contributed by atoms with Crippen LogP contribution in [0.4, 0.5) is 5.69 Å². The Morgan fingerprint density at radius 1 is 1.00 bits per heavy atom. The quantitative estimate of drug-likeness (QED) is 0.223. The lowest BCUT2D eigenvalue weighted by molar-refractivity contribution is -0.757. The van der Waals surface area contributed by atoms with E-state index >= 15 is 0 Å². The monoisotopic (exact) mass is 440 g/mol. The summed E-state index contributed by atoms with van der Waals surface area (Å²) in [5.74, 6) is -1.42. The molecular weight excluding hydrogens is 412 g/mol. The first-order chi connectivity index (χ1) is 14.8. The number of carbonyl (C=O) groups excluding carboxylic acids is 2. The molecule has 0 radical (unpaired) electrons. The minimum Gasteiger partial charge on any atom is -0.487 e. The fourth-order valence-corrected chi connectivity index (χ4v) is 2.76. The molecule has 31 heavy (non-hydrogen) atoms. The van der Waals surface area contributed by atoms with Gasteiger partial charge in [0, 0.05) is 18.7 Å². The fraction of sp³-hybridized carbons (Fsp3) is 0.579. The predicted molar refractivity (Wildman–Crippen MR) is 111 cm³/mol. The van der Waals surface area contributed by atoms with Crippen molar-refractivity contribution in [1.82, 2.24) is 10.2 Å². The second kappa shape index (κ2) is 13.1. The Labute approximate surface area is 179 Å². The van der Waals surface area contributed by atoms with Gasteiger partial charge in [0.25, 0.3) is 16.9 Å². The number of hydrogen-bond donors (Lipinski definition) is 1. The van der Waals surface area contributed by atoms with E-state index in [1.165, 1.54) is 32.0 Å². The fourth-order valence-electron chi connectivity index (χ4n) is 2.76. The van der Waals surface area contributed by atoms with Crippen molar-refractivity contribution in [1.29, 1.82) is 0 Å². The molecule has 0 aliphatic carbocycles. The van der Waals surface area contributed by atoms with Crippen LogP contribution in [-0.2, 0) is 4.84 Å². The summed E-state index contributed by atoms with van der Waals surface area (Å²) in [6.45, 7) is 8.13. The first-order valence-electron chi connectivity index (χ1n) is 10.1.